The summed E-state index contributed by atoms with van der Waals surface area (Å²) in [6.07, 6.45) is 2.12. The number of hydrogen-bond donors (Lipinski definition) is 1. The fourth-order valence-corrected chi connectivity index (χ4v) is 2.53. The Morgan fingerprint density at radius 1 is 1.19 bits per heavy atom. The molecule has 1 unspecified atom stereocenters. The van der Waals surface area contributed by atoms with Crippen LogP contribution in [0.15, 0.2) is 18.2 Å². The van der Waals surface area contributed by atoms with Gasteiger partial charge in [0, 0.05) is 16.9 Å². The first kappa shape index (κ1) is 17.8. The average molecular weight is 358 g/mol. The van der Waals surface area contributed by atoms with Gasteiger partial charge in [-0.1, -0.05) is 29.3 Å². The molecular weight excluding hydrogens is 334 g/mol. The summed E-state index contributed by atoms with van der Waals surface area (Å²) in [6, 6.07) is 5.26. The van der Waals surface area contributed by atoms with Crippen molar-refractivity contribution in [3.05, 3.63) is 23.8 Å². The van der Waals surface area contributed by atoms with Gasteiger partial charge in [-0.05, 0) is 38.5 Å². The number of carbonyl (C=O) groups is 1. The Bertz CT molecular complexity index is 451. The van der Waals surface area contributed by atoms with Crippen LogP contribution in [0.5, 0.6) is 11.5 Å². The third-order valence-corrected chi connectivity index (χ3v) is 3.67. The number of rotatable bonds is 9. The van der Waals surface area contributed by atoms with E-state index in [1.165, 1.54) is 0 Å². The maximum Gasteiger partial charge on any atom is 0.251 e. The van der Waals surface area contributed by atoms with E-state index in [1.54, 1.807) is 18.2 Å². The van der Waals surface area contributed by atoms with Gasteiger partial charge in [-0.25, -0.2) is 0 Å². The van der Waals surface area contributed by atoms with Gasteiger partial charge in [-0.15, -0.1) is 0 Å². The van der Waals surface area contributed by atoms with Gasteiger partial charge in [0.25, 0.3) is 5.91 Å². The normalized spacial score (nSPS) is 11.8. The first-order valence-electron chi connectivity index (χ1n) is 7.44. The Morgan fingerprint density at radius 3 is 2.48 bits per heavy atom. The highest BCUT2D eigenvalue weighted by atomic mass is 79.9. The van der Waals surface area contributed by atoms with Gasteiger partial charge in [0.15, 0.2) is 11.5 Å². The van der Waals surface area contributed by atoms with Crippen molar-refractivity contribution in [3.8, 4) is 11.5 Å². The van der Waals surface area contributed by atoms with Gasteiger partial charge >= 0.3 is 0 Å². The van der Waals surface area contributed by atoms with Crippen molar-refractivity contribution in [2.24, 2.45) is 0 Å². The van der Waals surface area contributed by atoms with Gasteiger partial charge in [0.2, 0.25) is 0 Å². The highest BCUT2D eigenvalue weighted by Gasteiger charge is 2.12. The number of carbonyl (C=O) groups excluding carboxylic acids is 1. The smallest absolute Gasteiger partial charge is 0.251 e. The molecule has 0 fully saturated rings. The Morgan fingerprint density at radius 2 is 1.86 bits per heavy atom. The van der Waals surface area contributed by atoms with Crippen molar-refractivity contribution >= 4 is 21.8 Å². The average Bonchev–Trinajstić information content (AvgIpc) is 2.47. The largest absolute Gasteiger partial charge is 0.490 e. The zero-order valence-corrected chi connectivity index (χ0v) is 14.5. The molecule has 0 aliphatic carbocycles. The van der Waals surface area contributed by atoms with Crippen molar-refractivity contribution in [1.29, 1.82) is 0 Å². The van der Waals surface area contributed by atoms with E-state index in [4.69, 9.17) is 9.47 Å². The lowest BCUT2D eigenvalue weighted by Crippen LogP contribution is -2.29. The van der Waals surface area contributed by atoms with E-state index >= 15 is 0 Å². The highest BCUT2D eigenvalue weighted by Crippen LogP contribution is 2.28. The molecule has 4 nitrogen and oxygen atoms in total. The summed E-state index contributed by atoms with van der Waals surface area (Å²) in [5.41, 5.74) is 0.582. The molecule has 0 bridgehead atoms. The molecule has 1 amide bonds. The van der Waals surface area contributed by atoms with E-state index < -0.39 is 0 Å². The van der Waals surface area contributed by atoms with E-state index in [9.17, 15) is 4.79 Å². The number of alkyl halides is 1. The maximum absolute atomic E-state index is 12.2. The molecule has 5 heteroatoms. The molecule has 118 valence electrons. The summed E-state index contributed by atoms with van der Waals surface area (Å²) in [5.74, 6) is 1.18. The van der Waals surface area contributed by atoms with Crippen molar-refractivity contribution < 1.29 is 14.3 Å². The number of benzene rings is 1. The fraction of sp³-hybridized carbons (Fsp3) is 0.562. The number of hydrogen-bond acceptors (Lipinski definition) is 3. The summed E-state index contributed by atoms with van der Waals surface area (Å²) in [7, 11) is 0. The fourth-order valence-electron chi connectivity index (χ4n) is 1.91. The molecule has 0 heterocycles. The summed E-state index contributed by atoms with van der Waals surface area (Å²) in [5, 5.41) is 2.92. The van der Waals surface area contributed by atoms with Crippen LogP contribution < -0.4 is 14.8 Å². The molecule has 0 saturated carbocycles. The molecule has 0 radical (unpaired) electrons. The number of nitrogens with one attached hydrogen (secondary N) is 1. The van der Waals surface area contributed by atoms with E-state index in [0.717, 1.165) is 12.8 Å². The van der Waals surface area contributed by atoms with Crippen LogP contribution in [0.25, 0.3) is 0 Å². The summed E-state index contributed by atoms with van der Waals surface area (Å²) in [6.45, 7) is 7.66. The van der Waals surface area contributed by atoms with E-state index in [1.807, 2.05) is 13.8 Å². The molecule has 1 rings (SSSR count). The van der Waals surface area contributed by atoms with E-state index in [-0.39, 0.29) is 5.91 Å². The molecule has 1 N–H and O–H groups in total. The first-order chi connectivity index (χ1) is 10.1. The van der Waals surface area contributed by atoms with Crippen molar-refractivity contribution in [2.75, 3.05) is 19.8 Å². The van der Waals surface area contributed by atoms with Crippen LogP contribution in [0.1, 0.15) is 44.0 Å². The minimum Gasteiger partial charge on any atom is -0.490 e. The van der Waals surface area contributed by atoms with Crippen molar-refractivity contribution in [3.63, 3.8) is 0 Å². The molecule has 1 aromatic rings. The van der Waals surface area contributed by atoms with Crippen molar-refractivity contribution in [2.45, 2.75) is 38.4 Å². The Labute approximate surface area is 135 Å². The Balaban J connectivity index is 2.73. The second kappa shape index (κ2) is 9.66. The lowest BCUT2D eigenvalue weighted by molar-refractivity contribution is 0.0953. The predicted molar refractivity (Wildman–Crippen MR) is 88.7 cm³/mol. The van der Waals surface area contributed by atoms with E-state index in [0.29, 0.717) is 41.6 Å². The highest BCUT2D eigenvalue weighted by molar-refractivity contribution is 9.09. The molecule has 21 heavy (non-hydrogen) atoms. The molecule has 0 aromatic heterocycles. The predicted octanol–water partition coefficient (Wildman–Crippen LogP) is 3.78. The first-order valence-corrected chi connectivity index (χ1v) is 8.35. The monoisotopic (exact) mass is 357 g/mol. The molecule has 1 atom stereocenters. The quantitative estimate of drug-likeness (QED) is 0.684. The van der Waals surface area contributed by atoms with Gasteiger partial charge in [0.05, 0.1) is 13.2 Å². The minimum absolute atomic E-state index is 0.0976. The Kier molecular flexibility index (Phi) is 8.20. The van der Waals surface area contributed by atoms with Crippen LogP contribution in [-0.4, -0.2) is 30.5 Å². The van der Waals surface area contributed by atoms with Gasteiger partial charge in [-0.3, -0.25) is 4.79 Å². The number of amides is 1. The summed E-state index contributed by atoms with van der Waals surface area (Å²) >= 11 is 3.55. The van der Waals surface area contributed by atoms with Crippen LogP contribution in [-0.2, 0) is 0 Å². The second-order valence-corrected chi connectivity index (χ2v) is 5.92. The van der Waals surface area contributed by atoms with Crippen LogP contribution >= 0.6 is 15.9 Å². The summed E-state index contributed by atoms with van der Waals surface area (Å²) in [4.78, 5) is 12.5. The van der Waals surface area contributed by atoms with E-state index in [2.05, 4.69) is 28.2 Å². The molecule has 0 aliphatic heterocycles. The third-order valence-electron chi connectivity index (χ3n) is 2.89. The SMILES string of the molecule is CCCC(Br)CNC(=O)c1ccc(OCC)c(OCC)c1. The lowest BCUT2D eigenvalue weighted by atomic mass is 10.2. The zero-order chi connectivity index (χ0) is 15.7. The van der Waals surface area contributed by atoms with Gasteiger partial charge < -0.3 is 14.8 Å². The zero-order valence-electron chi connectivity index (χ0n) is 12.9. The maximum atomic E-state index is 12.2. The molecule has 0 aliphatic rings. The van der Waals surface area contributed by atoms with Crippen LogP contribution in [0.3, 0.4) is 0 Å². The molecular formula is C16H24BrNO3. The molecule has 0 spiro atoms. The number of ether oxygens (including phenoxy) is 2. The lowest BCUT2D eigenvalue weighted by Gasteiger charge is -2.13. The van der Waals surface area contributed by atoms with Crippen LogP contribution in [0.4, 0.5) is 0 Å². The number of halogens is 1. The molecule has 1 aromatic carbocycles. The topological polar surface area (TPSA) is 47.6 Å². The van der Waals surface area contributed by atoms with Gasteiger partial charge in [0.1, 0.15) is 0 Å². The molecule has 0 saturated heterocycles. The third kappa shape index (κ3) is 5.96. The van der Waals surface area contributed by atoms with Crippen LogP contribution in [0.2, 0.25) is 0 Å². The second-order valence-electron chi connectivity index (χ2n) is 4.62. The van der Waals surface area contributed by atoms with Gasteiger partial charge in [-0.2, -0.15) is 0 Å². The summed E-state index contributed by atoms with van der Waals surface area (Å²) < 4.78 is 11.0. The Hall–Kier alpha value is -1.23. The minimum atomic E-state index is -0.0976. The van der Waals surface area contributed by atoms with Crippen LogP contribution in [0, 0.1) is 0 Å². The standard InChI is InChI=1S/C16H24BrNO3/c1-4-7-13(17)11-18-16(19)12-8-9-14(20-5-2)15(10-12)21-6-3/h8-10,13H,4-7,11H2,1-3H3,(H,18,19). The van der Waals surface area contributed by atoms with Crippen molar-refractivity contribution in [1.82, 2.24) is 5.32 Å².